The number of sulfonamides is 1. The minimum Gasteiger partial charge on any atom is -0.356 e. The summed E-state index contributed by atoms with van der Waals surface area (Å²) in [6.07, 6.45) is 0. The van der Waals surface area contributed by atoms with E-state index in [0.29, 0.717) is 32.6 Å². The predicted octanol–water partition coefficient (Wildman–Crippen LogP) is 4.78. The van der Waals surface area contributed by atoms with Crippen LogP contribution in [0, 0.1) is 20.8 Å². The molecule has 2 heterocycles. The van der Waals surface area contributed by atoms with Gasteiger partial charge in [-0.05, 0) is 39.0 Å². The lowest BCUT2D eigenvalue weighted by atomic mass is 10.2. The average Bonchev–Trinajstić information content (AvgIpc) is 3.01. The number of nitrogens with zero attached hydrogens (tertiary/aromatic N) is 1. The number of thiophene rings is 1. The van der Waals surface area contributed by atoms with Gasteiger partial charge in [0, 0.05) is 20.8 Å². The molecule has 8 heteroatoms. The molecule has 2 aromatic heterocycles. The van der Waals surface area contributed by atoms with E-state index in [9.17, 15) is 8.42 Å². The number of halogens is 1. The highest BCUT2D eigenvalue weighted by molar-refractivity contribution is 7.93. The third kappa shape index (κ3) is 3.19. The molecule has 0 radical (unpaired) electrons. The van der Waals surface area contributed by atoms with Gasteiger partial charge in [0.1, 0.15) is 4.90 Å². The summed E-state index contributed by atoms with van der Waals surface area (Å²) in [5, 5.41) is 4.32. The summed E-state index contributed by atoms with van der Waals surface area (Å²) in [6, 6.07) is 8.31. The summed E-state index contributed by atoms with van der Waals surface area (Å²) in [5.74, 6) is 0.445. The van der Waals surface area contributed by atoms with Crippen molar-refractivity contribution in [2.75, 3.05) is 4.72 Å². The van der Waals surface area contributed by atoms with Crippen LogP contribution in [0.2, 0.25) is 5.02 Å². The van der Waals surface area contributed by atoms with Gasteiger partial charge in [-0.3, -0.25) is 4.72 Å². The summed E-state index contributed by atoms with van der Waals surface area (Å²) in [5.41, 5.74) is 1.65. The molecule has 0 atom stereocenters. The first kappa shape index (κ1) is 17.0. The Hall–Kier alpha value is -1.83. The number of benzene rings is 1. The van der Waals surface area contributed by atoms with Gasteiger partial charge < -0.3 is 4.52 Å². The molecule has 0 bridgehead atoms. The first-order valence-corrected chi connectivity index (χ1v) is 9.78. The Bertz CT molecular complexity index is 1010. The van der Waals surface area contributed by atoms with E-state index in [0.717, 1.165) is 4.88 Å². The quantitative estimate of drug-likeness (QED) is 0.704. The number of hydrogen-bond donors (Lipinski definition) is 1. The SMILES string of the molecule is Cc1cc(-c2c(C)sc(C)c2S(=O)(=O)Nc2cccc(Cl)c2)on1. The summed E-state index contributed by atoms with van der Waals surface area (Å²) in [4.78, 5) is 1.75. The number of hydrogen-bond acceptors (Lipinski definition) is 5. The molecular formula is C16H15ClN2O3S2. The molecule has 0 aliphatic carbocycles. The molecule has 3 rings (SSSR count). The lowest BCUT2D eigenvalue weighted by molar-refractivity contribution is 0.426. The third-order valence-electron chi connectivity index (χ3n) is 3.42. The van der Waals surface area contributed by atoms with Crippen LogP contribution >= 0.6 is 22.9 Å². The highest BCUT2D eigenvalue weighted by Crippen LogP contribution is 2.39. The van der Waals surface area contributed by atoms with Crippen LogP contribution in [0.25, 0.3) is 11.3 Å². The van der Waals surface area contributed by atoms with Crippen molar-refractivity contribution in [2.45, 2.75) is 25.7 Å². The molecule has 0 aliphatic heterocycles. The second-order valence-corrected chi connectivity index (χ2v) is 8.85. The molecule has 0 saturated heterocycles. The standard InChI is InChI=1S/C16H15ClN2O3S2/c1-9-7-14(22-18-9)15-10(2)23-11(3)16(15)24(20,21)19-13-6-4-5-12(17)8-13/h4-8,19H,1-3H3. The van der Waals surface area contributed by atoms with Crippen LogP contribution in [0.4, 0.5) is 5.69 Å². The van der Waals surface area contributed by atoms with E-state index in [1.165, 1.54) is 11.3 Å². The van der Waals surface area contributed by atoms with Crippen LogP contribution in [0.5, 0.6) is 0 Å². The fourth-order valence-electron chi connectivity index (χ4n) is 2.51. The molecule has 24 heavy (non-hydrogen) atoms. The van der Waals surface area contributed by atoms with Crippen LogP contribution < -0.4 is 4.72 Å². The lowest BCUT2D eigenvalue weighted by Gasteiger charge is -2.10. The normalized spacial score (nSPS) is 11.7. The molecule has 0 saturated carbocycles. The van der Waals surface area contributed by atoms with Crippen LogP contribution in [0.1, 0.15) is 15.4 Å². The maximum Gasteiger partial charge on any atom is 0.263 e. The fourth-order valence-corrected chi connectivity index (χ4v) is 5.62. The molecule has 1 N–H and O–H groups in total. The summed E-state index contributed by atoms with van der Waals surface area (Å²) in [6.45, 7) is 5.43. The molecule has 0 aliphatic rings. The largest absolute Gasteiger partial charge is 0.356 e. The van der Waals surface area contributed by atoms with Gasteiger partial charge in [0.2, 0.25) is 0 Å². The van der Waals surface area contributed by atoms with Crippen molar-refractivity contribution in [3.05, 3.63) is 50.8 Å². The number of aryl methyl sites for hydroxylation is 3. The van der Waals surface area contributed by atoms with Crippen LogP contribution in [0.3, 0.4) is 0 Å². The Balaban J connectivity index is 2.11. The molecule has 0 spiro atoms. The van der Waals surface area contributed by atoms with E-state index in [2.05, 4.69) is 9.88 Å². The lowest BCUT2D eigenvalue weighted by Crippen LogP contribution is -2.14. The maximum atomic E-state index is 12.9. The van der Waals surface area contributed by atoms with Crippen LogP contribution in [-0.4, -0.2) is 13.6 Å². The zero-order valence-electron chi connectivity index (χ0n) is 13.3. The summed E-state index contributed by atoms with van der Waals surface area (Å²) in [7, 11) is -3.80. The molecule has 0 fully saturated rings. The molecular weight excluding hydrogens is 368 g/mol. The highest BCUT2D eigenvalue weighted by Gasteiger charge is 2.28. The zero-order valence-corrected chi connectivity index (χ0v) is 15.6. The summed E-state index contributed by atoms with van der Waals surface area (Å²) >= 11 is 7.34. The molecule has 5 nitrogen and oxygen atoms in total. The van der Waals surface area contributed by atoms with Crippen LogP contribution in [0.15, 0.2) is 39.8 Å². The minimum absolute atomic E-state index is 0.209. The summed E-state index contributed by atoms with van der Waals surface area (Å²) < 4.78 is 33.7. The smallest absolute Gasteiger partial charge is 0.263 e. The first-order valence-electron chi connectivity index (χ1n) is 7.10. The minimum atomic E-state index is -3.80. The van der Waals surface area contributed by atoms with Gasteiger partial charge in [0.05, 0.1) is 16.9 Å². The third-order valence-corrected chi connectivity index (χ3v) is 6.36. The van der Waals surface area contributed by atoms with Gasteiger partial charge >= 0.3 is 0 Å². The Morgan fingerprint density at radius 3 is 2.54 bits per heavy atom. The van der Waals surface area contributed by atoms with Crippen molar-refractivity contribution in [1.82, 2.24) is 5.16 Å². The monoisotopic (exact) mass is 382 g/mol. The van der Waals surface area contributed by atoms with Gasteiger partial charge in [0.25, 0.3) is 10.0 Å². The van der Waals surface area contributed by atoms with Gasteiger partial charge in [-0.25, -0.2) is 8.42 Å². The number of nitrogens with one attached hydrogen (secondary N) is 1. The molecule has 126 valence electrons. The number of aromatic nitrogens is 1. The average molecular weight is 383 g/mol. The number of rotatable bonds is 4. The van der Waals surface area contributed by atoms with Crippen LogP contribution in [-0.2, 0) is 10.0 Å². The van der Waals surface area contributed by atoms with Crippen molar-refractivity contribution < 1.29 is 12.9 Å². The molecule has 1 aromatic carbocycles. The van der Waals surface area contributed by atoms with Crippen molar-refractivity contribution in [3.63, 3.8) is 0 Å². The van der Waals surface area contributed by atoms with E-state index in [1.54, 1.807) is 44.2 Å². The maximum absolute atomic E-state index is 12.9. The molecule has 0 amide bonds. The zero-order chi connectivity index (χ0) is 17.5. The molecule has 3 aromatic rings. The Kier molecular flexibility index (Phi) is 4.42. The Morgan fingerprint density at radius 1 is 1.17 bits per heavy atom. The van der Waals surface area contributed by atoms with Crippen molar-refractivity contribution in [3.8, 4) is 11.3 Å². The number of anilines is 1. The van der Waals surface area contributed by atoms with Crippen molar-refractivity contribution >= 4 is 38.6 Å². The van der Waals surface area contributed by atoms with Gasteiger partial charge in [-0.1, -0.05) is 22.8 Å². The second kappa shape index (κ2) is 6.23. The van der Waals surface area contributed by atoms with Crippen molar-refractivity contribution in [1.29, 1.82) is 0 Å². The van der Waals surface area contributed by atoms with E-state index < -0.39 is 10.0 Å². The Labute approximate surface area is 149 Å². The van der Waals surface area contributed by atoms with Crippen molar-refractivity contribution in [2.24, 2.45) is 0 Å². The first-order chi connectivity index (χ1) is 11.3. The van der Waals surface area contributed by atoms with E-state index in [4.69, 9.17) is 16.1 Å². The predicted molar refractivity (Wildman–Crippen MR) is 96.3 cm³/mol. The van der Waals surface area contributed by atoms with Gasteiger partial charge in [0.15, 0.2) is 5.76 Å². The van der Waals surface area contributed by atoms with Gasteiger partial charge in [-0.2, -0.15) is 0 Å². The van der Waals surface area contributed by atoms with E-state index >= 15 is 0 Å². The van der Waals surface area contributed by atoms with E-state index in [-0.39, 0.29) is 4.90 Å². The molecule has 0 unspecified atom stereocenters. The second-order valence-electron chi connectivity index (χ2n) is 5.37. The Morgan fingerprint density at radius 2 is 1.92 bits per heavy atom. The van der Waals surface area contributed by atoms with Gasteiger partial charge in [-0.15, -0.1) is 11.3 Å². The highest BCUT2D eigenvalue weighted by atomic mass is 35.5. The van der Waals surface area contributed by atoms with E-state index in [1.807, 2.05) is 6.92 Å². The fraction of sp³-hybridized carbons (Fsp3) is 0.188. The topological polar surface area (TPSA) is 72.2 Å².